The first kappa shape index (κ1) is 17.7. The summed E-state index contributed by atoms with van der Waals surface area (Å²) in [7, 11) is 0. The molecule has 0 unspecified atom stereocenters. The third-order valence-corrected chi connectivity index (χ3v) is 11.5. The van der Waals surface area contributed by atoms with Gasteiger partial charge in [-0.25, -0.2) is 0 Å². The molecule has 3 aromatic rings. The molecule has 1 aliphatic rings. The van der Waals surface area contributed by atoms with Gasteiger partial charge in [0.25, 0.3) is 0 Å². The van der Waals surface area contributed by atoms with Gasteiger partial charge in [0.1, 0.15) is 0 Å². The summed E-state index contributed by atoms with van der Waals surface area (Å²) >= 11 is -1.80. The average Bonchev–Trinajstić information content (AvgIpc) is 2.70. The van der Waals surface area contributed by atoms with E-state index in [4.69, 9.17) is 0 Å². The van der Waals surface area contributed by atoms with E-state index in [9.17, 15) is 9.59 Å². The summed E-state index contributed by atoms with van der Waals surface area (Å²) in [6.07, 6.45) is 0. The molecule has 0 aliphatic heterocycles. The van der Waals surface area contributed by atoms with Crippen LogP contribution in [0.4, 0.5) is 0 Å². The molecule has 0 fully saturated rings. The first-order chi connectivity index (χ1) is 12.7. The number of fused-ring (bicyclic) bond motifs is 1. The van der Waals surface area contributed by atoms with E-state index in [-0.39, 0.29) is 11.6 Å². The molecule has 0 atom stereocenters. The van der Waals surface area contributed by atoms with Crippen molar-refractivity contribution in [2.45, 2.75) is 0 Å². The molecule has 0 spiro atoms. The van der Waals surface area contributed by atoms with E-state index in [2.05, 4.69) is 24.3 Å². The zero-order valence-electron chi connectivity index (χ0n) is 13.7. The molecule has 0 bridgehead atoms. The molecule has 0 aromatic heterocycles. The zero-order valence-corrected chi connectivity index (χ0v) is 18.4. The maximum absolute atomic E-state index is 13.2. The van der Waals surface area contributed by atoms with Crippen LogP contribution in [0, 0.1) is 0 Å². The van der Waals surface area contributed by atoms with Crippen molar-refractivity contribution in [1.82, 2.24) is 0 Å². The second-order valence-electron chi connectivity index (χ2n) is 5.69. The quantitative estimate of drug-likeness (QED) is 0.456. The maximum atomic E-state index is 13.2. The minimum absolute atomic E-state index is 0.0579. The summed E-state index contributed by atoms with van der Waals surface area (Å²) in [6, 6.07) is 27.4. The number of rotatable bonds is 4. The number of hydrogen-bond acceptors (Lipinski definition) is 2. The molecule has 0 radical (unpaired) electrons. The van der Waals surface area contributed by atoms with E-state index < -0.39 is 41.8 Å². The molecule has 3 aromatic carbocycles. The average molecular weight is 566 g/mol. The number of carbonyl (C=O) groups is 2. The molecular formula is C22H14O2Te2. The van der Waals surface area contributed by atoms with Gasteiger partial charge in [0.2, 0.25) is 0 Å². The van der Waals surface area contributed by atoms with Crippen LogP contribution < -0.4 is 7.22 Å². The van der Waals surface area contributed by atoms with Crippen molar-refractivity contribution < 1.29 is 9.59 Å². The minimum atomic E-state index is -0.901. The first-order valence-corrected chi connectivity index (χ1v) is 12.8. The van der Waals surface area contributed by atoms with Gasteiger partial charge in [0.05, 0.1) is 0 Å². The number of ketones is 2. The Hall–Kier alpha value is -1.68. The normalized spacial score (nSPS) is 13.7. The fourth-order valence-electron chi connectivity index (χ4n) is 2.73. The summed E-state index contributed by atoms with van der Waals surface area (Å²) in [4.78, 5) is 26.4. The molecule has 0 saturated heterocycles. The predicted octanol–water partition coefficient (Wildman–Crippen LogP) is 2.34. The van der Waals surface area contributed by atoms with Gasteiger partial charge < -0.3 is 0 Å². The van der Waals surface area contributed by atoms with Crippen molar-refractivity contribution >= 4 is 60.6 Å². The van der Waals surface area contributed by atoms with Gasteiger partial charge in [0.15, 0.2) is 0 Å². The molecule has 4 heteroatoms. The van der Waals surface area contributed by atoms with Crippen LogP contribution in [-0.2, 0) is 0 Å². The van der Waals surface area contributed by atoms with E-state index in [1.807, 2.05) is 48.5 Å². The van der Waals surface area contributed by atoms with Gasteiger partial charge in [-0.15, -0.1) is 0 Å². The number of hydrogen-bond donors (Lipinski definition) is 0. The van der Waals surface area contributed by atoms with E-state index in [1.54, 1.807) is 12.1 Å². The number of Topliss-reactive ketones (excluding diaryl/α,β-unsaturated/α-hetero) is 2. The monoisotopic (exact) mass is 570 g/mol. The molecule has 2 nitrogen and oxygen atoms in total. The van der Waals surface area contributed by atoms with Crippen molar-refractivity contribution in [3.05, 3.63) is 103 Å². The van der Waals surface area contributed by atoms with Crippen LogP contribution in [-0.4, -0.2) is 53.4 Å². The Morgan fingerprint density at radius 3 is 1.19 bits per heavy atom. The Kier molecular flexibility index (Phi) is 5.39. The van der Waals surface area contributed by atoms with Crippen LogP contribution in [0.15, 0.2) is 92.2 Å². The Balaban J connectivity index is 1.82. The van der Waals surface area contributed by atoms with Gasteiger partial charge in [-0.3, -0.25) is 0 Å². The standard InChI is InChI=1S/C22H14O2Te2/c23-19-17-13-7-8-14-18(17)20(24)22(26-16-11-5-2-6-12-16)21(19)25-15-9-3-1-4-10-15/h1-14H. The van der Waals surface area contributed by atoms with Crippen LogP contribution in [0.25, 0.3) is 0 Å². The first-order valence-electron chi connectivity index (χ1n) is 8.12. The molecule has 0 saturated carbocycles. The van der Waals surface area contributed by atoms with Crippen molar-refractivity contribution in [3.8, 4) is 0 Å². The Labute approximate surface area is 172 Å². The summed E-state index contributed by atoms with van der Waals surface area (Å²) < 4.78 is 3.98. The third-order valence-electron chi connectivity index (χ3n) is 3.96. The van der Waals surface area contributed by atoms with Gasteiger partial charge in [-0.1, -0.05) is 0 Å². The zero-order chi connectivity index (χ0) is 17.9. The molecule has 26 heavy (non-hydrogen) atoms. The van der Waals surface area contributed by atoms with Crippen LogP contribution >= 0.6 is 0 Å². The van der Waals surface area contributed by atoms with Crippen molar-refractivity contribution in [1.29, 1.82) is 0 Å². The fraction of sp³-hybridized carbons (Fsp3) is 0. The SMILES string of the molecule is O=C1C([Te]c2ccccc2)=C([Te]c2ccccc2)C(=O)c2ccccc21. The second kappa shape index (κ2) is 7.91. The van der Waals surface area contributed by atoms with E-state index in [0.29, 0.717) is 11.1 Å². The molecule has 0 N–H and O–H groups in total. The topological polar surface area (TPSA) is 34.1 Å². The summed E-state index contributed by atoms with van der Waals surface area (Å²) in [6.45, 7) is 0. The Bertz CT molecular complexity index is 926. The summed E-state index contributed by atoms with van der Waals surface area (Å²) in [5.74, 6) is 0.116. The van der Waals surface area contributed by atoms with Crippen LogP contribution in [0.3, 0.4) is 0 Å². The molecule has 4 rings (SSSR count). The van der Waals surface area contributed by atoms with Crippen molar-refractivity contribution in [2.75, 3.05) is 0 Å². The summed E-state index contributed by atoms with van der Waals surface area (Å²) in [5, 5.41) is 0. The van der Waals surface area contributed by atoms with Gasteiger partial charge in [-0.2, -0.15) is 0 Å². The van der Waals surface area contributed by atoms with E-state index in [0.717, 1.165) is 7.24 Å². The Morgan fingerprint density at radius 1 is 0.462 bits per heavy atom. The Morgan fingerprint density at radius 2 is 0.808 bits per heavy atom. The summed E-state index contributed by atoms with van der Waals surface area (Å²) in [5.41, 5.74) is 1.13. The van der Waals surface area contributed by atoms with Gasteiger partial charge in [-0.05, 0) is 0 Å². The van der Waals surface area contributed by atoms with Crippen LogP contribution in [0.1, 0.15) is 20.7 Å². The van der Waals surface area contributed by atoms with E-state index in [1.165, 1.54) is 7.22 Å². The molecule has 0 heterocycles. The van der Waals surface area contributed by atoms with Gasteiger partial charge >= 0.3 is 174 Å². The predicted molar refractivity (Wildman–Crippen MR) is 106 cm³/mol. The molecule has 0 amide bonds. The van der Waals surface area contributed by atoms with Crippen LogP contribution in [0.5, 0.6) is 0 Å². The van der Waals surface area contributed by atoms with Gasteiger partial charge in [0, 0.05) is 0 Å². The number of benzene rings is 3. The number of carbonyl (C=O) groups excluding carboxylic acids is 2. The van der Waals surface area contributed by atoms with Crippen molar-refractivity contribution in [2.24, 2.45) is 0 Å². The molecular weight excluding hydrogens is 551 g/mol. The third kappa shape index (κ3) is 3.57. The van der Waals surface area contributed by atoms with E-state index >= 15 is 0 Å². The van der Waals surface area contributed by atoms with Crippen molar-refractivity contribution in [3.63, 3.8) is 0 Å². The number of allylic oxidation sites excluding steroid dienone is 2. The fourth-order valence-corrected chi connectivity index (χ4v) is 9.56. The van der Waals surface area contributed by atoms with Crippen LogP contribution in [0.2, 0.25) is 0 Å². The molecule has 1 aliphatic carbocycles. The molecule has 126 valence electrons. The second-order valence-corrected chi connectivity index (χ2v) is 11.9.